The highest BCUT2D eigenvalue weighted by molar-refractivity contribution is 6.07. The highest BCUT2D eigenvalue weighted by Crippen LogP contribution is 2.30. The molecule has 1 aliphatic heterocycles. The van der Waals surface area contributed by atoms with Gasteiger partial charge in [0.2, 0.25) is 5.43 Å². The highest BCUT2D eigenvalue weighted by Gasteiger charge is 2.27. The number of carbonyl (C=O) groups is 1. The monoisotopic (exact) mass is 797 g/mol. The number of halogens is 3. The van der Waals surface area contributed by atoms with E-state index in [-0.39, 0.29) is 34.8 Å². The topological polar surface area (TPSA) is 70.0 Å². The van der Waals surface area contributed by atoms with Crippen LogP contribution in [0.5, 0.6) is 17.2 Å². The summed E-state index contributed by atoms with van der Waals surface area (Å²) >= 11 is 0. The first-order chi connectivity index (χ1) is 25.2. The van der Waals surface area contributed by atoms with Crippen molar-refractivity contribution in [3.05, 3.63) is 88.2 Å². The number of unbranched alkanes of at least 4 members (excludes halogenated alkanes) is 4. The standard InChI is InChI=1S/C42H54F2N3O5.BrH/c1-5-45(33-24-31(43)23-32(44)25-33)42(49)39-30-46(34-26-36(50-7-3)28-37(27-34)51-8-4)40-29-35(17-18-38(40)41(39)48)52-22-16-11-9-10-13-19-47(6-2)20-14-12-15-21-47;/h17-18,23-30H,5-16,19-22H2,1-4H3;1H/q+1;/p-1. The van der Waals surface area contributed by atoms with E-state index in [9.17, 15) is 18.4 Å². The molecule has 3 aromatic carbocycles. The predicted molar refractivity (Wildman–Crippen MR) is 203 cm³/mol. The van der Waals surface area contributed by atoms with E-state index < -0.39 is 23.0 Å². The van der Waals surface area contributed by atoms with Crippen LogP contribution in [0.25, 0.3) is 16.6 Å². The second-order valence-electron chi connectivity index (χ2n) is 13.6. The van der Waals surface area contributed by atoms with E-state index in [2.05, 4.69) is 6.92 Å². The molecule has 1 fully saturated rings. The van der Waals surface area contributed by atoms with Gasteiger partial charge in [-0.05, 0) is 90.5 Å². The van der Waals surface area contributed by atoms with Crippen molar-refractivity contribution in [3.8, 4) is 22.9 Å². The number of anilines is 1. The number of amides is 1. The summed E-state index contributed by atoms with van der Waals surface area (Å²) in [6, 6.07) is 13.5. The number of hydrogen-bond donors (Lipinski definition) is 0. The van der Waals surface area contributed by atoms with Crippen LogP contribution in [-0.4, -0.2) is 67.5 Å². The molecule has 2 heterocycles. The van der Waals surface area contributed by atoms with Crippen LogP contribution in [0, 0.1) is 11.6 Å². The van der Waals surface area contributed by atoms with Crippen LogP contribution < -0.4 is 41.5 Å². The second kappa shape index (κ2) is 19.9. The molecule has 0 saturated carbocycles. The zero-order valence-corrected chi connectivity index (χ0v) is 33.2. The van der Waals surface area contributed by atoms with E-state index in [0.717, 1.165) is 31.0 Å². The molecule has 1 aromatic heterocycles. The third kappa shape index (κ3) is 10.6. The smallest absolute Gasteiger partial charge is 0.263 e. The minimum absolute atomic E-state index is 0. The van der Waals surface area contributed by atoms with Gasteiger partial charge in [0.15, 0.2) is 0 Å². The zero-order valence-electron chi connectivity index (χ0n) is 31.6. The number of benzene rings is 3. The summed E-state index contributed by atoms with van der Waals surface area (Å²) in [7, 11) is 0. The first-order valence-electron chi connectivity index (χ1n) is 19.1. The van der Waals surface area contributed by atoms with E-state index in [1.165, 1.54) is 80.3 Å². The SMILES string of the molecule is CCOc1cc(OCC)cc(-n2cc(C(=O)N(CC)c3cc(F)cc(F)c3)c(=O)c3ccc(OCCCCCCC[N+]4(CC)CCCCC4)cc32)c1.[Br-]. The van der Waals surface area contributed by atoms with Crippen LogP contribution in [0.2, 0.25) is 0 Å². The summed E-state index contributed by atoms with van der Waals surface area (Å²) in [6.45, 7) is 14.5. The fourth-order valence-electron chi connectivity index (χ4n) is 7.39. The Morgan fingerprint density at radius 1 is 0.774 bits per heavy atom. The van der Waals surface area contributed by atoms with Gasteiger partial charge in [-0.1, -0.05) is 12.8 Å². The molecular formula is C42H54BrF2N3O5. The summed E-state index contributed by atoms with van der Waals surface area (Å²) < 4.78 is 49.3. The van der Waals surface area contributed by atoms with Crippen molar-refractivity contribution < 1.29 is 49.3 Å². The number of quaternary nitrogens is 1. The average molecular weight is 799 g/mol. The van der Waals surface area contributed by atoms with Crippen LogP contribution in [-0.2, 0) is 0 Å². The van der Waals surface area contributed by atoms with Crippen molar-refractivity contribution in [3.63, 3.8) is 0 Å². The number of rotatable bonds is 18. The van der Waals surface area contributed by atoms with Crippen LogP contribution in [0.4, 0.5) is 14.5 Å². The lowest BCUT2D eigenvalue weighted by Gasteiger charge is -2.41. The normalized spacial score (nSPS) is 13.7. The molecule has 4 aromatic rings. The molecule has 5 rings (SSSR count). The van der Waals surface area contributed by atoms with E-state index in [1.807, 2.05) is 32.0 Å². The number of likely N-dealkylation sites (tertiary alicyclic amines) is 1. The number of ether oxygens (including phenoxy) is 3. The van der Waals surface area contributed by atoms with Crippen molar-refractivity contribution in [2.24, 2.45) is 0 Å². The summed E-state index contributed by atoms with van der Waals surface area (Å²) in [4.78, 5) is 29.2. The van der Waals surface area contributed by atoms with Crippen LogP contribution in [0.1, 0.15) is 89.4 Å². The molecule has 0 spiro atoms. The summed E-state index contributed by atoms with van der Waals surface area (Å²) in [5.41, 5.74) is 0.494. The van der Waals surface area contributed by atoms with E-state index in [4.69, 9.17) is 14.2 Å². The number of hydrogen-bond acceptors (Lipinski definition) is 5. The summed E-state index contributed by atoms with van der Waals surface area (Å²) in [5, 5.41) is 0.292. The third-order valence-corrected chi connectivity index (χ3v) is 10.2. The van der Waals surface area contributed by atoms with Crippen LogP contribution in [0.3, 0.4) is 0 Å². The van der Waals surface area contributed by atoms with Crippen LogP contribution >= 0.6 is 0 Å². The Kier molecular flexibility index (Phi) is 15.7. The van der Waals surface area contributed by atoms with E-state index in [1.54, 1.807) is 29.7 Å². The van der Waals surface area contributed by atoms with Crippen molar-refractivity contribution in [2.75, 3.05) is 57.4 Å². The van der Waals surface area contributed by atoms with Gasteiger partial charge in [-0.3, -0.25) is 9.59 Å². The Bertz CT molecular complexity index is 1830. The van der Waals surface area contributed by atoms with Crippen molar-refractivity contribution in [1.82, 2.24) is 4.57 Å². The molecule has 53 heavy (non-hydrogen) atoms. The molecule has 0 N–H and O–H groups in total. The average Bonchev–Trinajstić information content (AvgIpc) is 3.13. The maximum atomic E-state index is 14.2. The number of carbonyl (C=O) groups excluding carboxylic acids is 1. The molecule has 1 saturated heterocycles. The van der Waals surface area contributed by atoms with Gasteiger partial charge in [0, 0.05) is 54.1 Å². The van der Waals surface area contributed by atoms with Crippen molar-refractivity contribution in [1.29, 1.82) is 0 Å². The number of aromatic nitrogens is 1. The molecule has 0 atom stereocenters. The molecule has 1 amide bonds. The number of piperidine rings is 1. The van der Waals surface area contributed by atoms with Gasteiger partial charge in [0.05, 0.1) is 57.2 Å². The maximum Gasteiger partial charge on any atom is 0.263 e. The zero-order chi connectivity index (χ0) is 37.1. The molecule has 0 radical (unpaired) electrons. The molecule has 0 bridgehead atoms. The lowest BCUT2D eigenvalue weighted by Crippen LogP contribution is -3.00. The molecule has 288 valence electrons. The minimum Gasteiger partial charge on any atom is -1.00 e. The number of pyridine rings is 1. The van der Waals surface area contributed by atoms with Gasteiger partial charge in [-0.25, -0.2) is 8.78 Å². The number of nitrogens with zero attached hydrogens (tertiary/aromatic N) is 3. The lowest BCUT2D eigenvalue weighted by atomic mass is 10.1. The van der Waals surface area contributed by atoms with E-state index in [0.29, 0.717) is 53.7 Å². The van der Waals surface area contributed by atoms with E-state index >= 15 is 0 Å². The Hall–Kier alpha value is -3.96. The molecular weight excluding hydrogens is 744 g/mol. The molecule has 0 unspecified atom stereocenters. The van der Waals surface area contributed by atoms with Gasteiger partial charge in [-0.2, -0.15) is 0 Å². The van der Waals surface area contributed by atoms with Gasteiger partial charge >= 0.3 is 0 Å². The van der Waals surface area contributed by atoms with Gasteiger partial charge in [0.1, 0.15) is 34.4 Å². The fraction of sp³-hybridized carbons (Fsp3) is 0.476. The maximum absolute atomic E-state index is 14.2. The Balaban J connectivity index is 0.00000627. The number of fused-ring (bicyclic) bond motifs is 1. The first-order valence-corrected chi connectivity index (χ1v) is 19.1. The fourth-order valence-corrected chi connectivity index (χ4v) is 7.39. The van der Waals surface area contributed by atoms with Gasteiger partial charge in [0.25, 0.3) is 5.91 Å². The highest BCUT2D eigenvalue weighted by atomic mass is 79.9. The first kappa shape index (κ1) is 41.8. The quantitative estimate of drug-likeness (QED) is 0.0902. The summed E-state index contributed by atoms with van der Waals surface area (Å²) in [5.74, 6) is -0.593. The van der Waals surface area contributed by atoms with Gasteiger partial charge < -0.3 is 45.1 Å². The predicted octanol–water partition coefficient (Wildman–Crippen LogP) is 6.09. The molecule has 0 aliphatic carbocycles. The third-order valence-electron chi connectivity index (χ3n) is 10.2. The molecule has 1 aliphatic rings. The van der Waals surface area contributed by atoms with Crippen LogP contribution in [0.15, 0.2) is 65.6 Å². The Morgan fingerprint density at radius 3 is 2.04 bits per heavy atom. The lowest BCUT2D eigenvalue weighted by molar-refractivity contribution is -0.931. The molecule has 8 nitrogen and oxygen atoms in total. The van der Waals surface area contributed by atoms with Gasteiger partial charge in [-0.15, -0.1) is 0 Å². The minimum atomic E-state index is -0.820. The molecule has 11 heteroatoms. The summed E-state index contributed by atoms with van der Waals surface area (Å²) in [6.07, 6.45) is 11.3. The Morgan fingerprint density at radius 2 is 1.42 bits per heavy atom. The Labute approximate surface area is 323 Å². The van der Waals surface area contributed by atoms with Crippen molar-refractivity contribution >= 4 is 22.5 Å². The second-order valence-corrected chi connectivity index (χ2v) is 13.6. The van der Waals surface area contributed by atoms with Crippen molar-refractivity contribution in [2.45, 2.75) is 79.1 Å². The largest absolute Gasteiger partial charge is 1.00 e.